The highest BCUT2D eigenvalue weighted by atomic mass is 16.2. The van der Waals surface area contributed by atoms with E-state index in [1.807, 2.05) is 16.0 Å². The maximum Gasteiger partial charge on any atom is 0.317 e. The van der Waals surface area contributed by atoms with Crippen molar-refractivity contribution in [3.63, 3.8) is 0 Å². The van der Waals surface area contributed by atoms with Gasteiger partial charge in [-0.2, -0.15) is 0 Å². The number of likely N-dealkylation sites (tertiary alicyclic amines) is 2. The second-order valence-corrected chi connectivity index (χ2v) is 8.64. The number of hydrogen-bond donors (Lipinski definition) is 1. The van der Waals surface area contributed by atoms with Crippen LogP contribution in [-0.2, 0) is 11.3 Å². The van der Waals surface area contributed by atoms with Gasteiger partial charge in [0.15, 0.2) is 0 Å². The van der Waals surface area contributed by atoms with Crippen LogP contribution in [0.5, 0.6) is 0 Å². The minimum absolute atomic E-state index is 0.0274. The SMILES string of the molecule is CC(C)N1CC2(CCCN(C(=O)NCc3nccn3C(C)C)C2)CCC1=O. The summed E-state index contributed by atoms with van der Waals surface area (Å²) in [5.41, 5.74) is 0.0458. The van der Waals surface area contributed by atoms with Crippen molar-refractivity contribution in [3.05, 3.63) is 18.2 Å². The van der Waals surface area contributed by atoms with Gasteiger partial charge in [-0.25, -0.2) is 9.78 Å². The van der Waals surface area contributed by atoms with Crippen LogP contribution in [0.15, 0.2) is 12.4 Å². The Kier molecular flexibility index (Phi) is 5.77. The van der Waals surface area contributed by atoms with Gasteiger partial charge in [-0.05, 0) is 47.0 Å². The molecule has 1 atom stereocenters. The minimum Gasteiger partial charge on any atom is -0.340 e. The number of nitrogens with zero attached hydrogens (tertiary/aromatic N) is 4. The molecular formula is C20H33N5O2. The summed E-state index contributed by atoms with van der Waals surface area (Å²) in [5, 5.41) is 3.04. The summed E-state index contributed by atoms with van der Waals surface area (Å²) in [6.07, 6.45) is 7.29. The summed E-state index contributed by atoms with van der Waals surface area (Å²) in [4.78, 5) is 33.3. The van der Waals surface area contributed by atoms with Crippen molar-refractivity contribution >= 4 is 11.9 Å². The molecule has 1 spiro atoms. The first-order valence-electron chi connectivity index (χ1n) is 10.2. The lowest BCUT2D eigenvalue weighted by Crippen LogP contribution is -2.57. The molecule has 3 heterocycles. The molecule has 1 N–H and O–H groups in total. The van der Waals surface area contributed by atoms with E-state index < -0.39 is 0 Å². The number of urea groups is 1. The first-order valence-corrected chi connectivity index (χ1v) is 10.2. The lowest BCUT2D eigenvalue weighted by atomic mass is 9.73. The van der Waals surface area contributed by atoms with E-state index in [1.54, 1.807) is 6.20 Å². The molecule has 150 valence electrons. The fourth-order valence-corrected chi connectivity index (χ4v) is 4.45. The van der Waals surface area contributed by atoms with E-state index in [0.29, 0.717) is 19.0 Å². The molecule has 1 unspecified atom stereocenters. The molecule has 3 rings (SSSR count). The maximum atomic E-state index is 12.8. The predicted octanol–water partition coefficient (Wildman–Crippen LogP) is 2.79. The van der Waals surface area contributed by atoms with Gasteiger partial charge in [-0.1, -0.05) is 0 Å². The molecule has 1 aromatic heterocycles. The van der Waals surface area contributed by atoms with Crippen LogP contribution >= 0.6 is 0 Å². The van der Waals surface area contributed by atoms with E-state index in [2.05, 4.69) is 42.6 Å². The molecule has 2 saturated heterocycles. The number of aromatic nitrogens is 2. The Morgan fingerprint density at radius 1 is 1.22 bits per heavy atom. The Labute approximate surface area is 162 Å². The van der Waals surface area contributed by atoms with Crippen molar-refractivity contribution in [3.8, 4) is 0 Å². The van der Waals surface area contributed by atoms with Crippen LogP contribution in [0.4, 0.5) is 4.79 Å². The fraction of sp³-hybridized carbons (Fsp3) is 0.750. The lowest BCUT2D eigenvalue weighted by Gasteiger charge is -2.49. The van der Waals surface area contributed by atoms with Crippen LogP contribution < -0.4 is 5.32 Å². The zero-order valence-corrected chi connectivity index (χ0v) is 17.1. The van der Waals surface area contributed by atoms with E-state index in [4.69, 9.17) is 0 Å². The quantitative estimate of drug-likeness (QED) is 0.880. The largest absolute Gasteiger partial charge is 0.340 e. The third-order valence-corrected chi connectivity index (χ3v) is 5.97. The van der Waals surface area contributed by atoms with Crippen molar-refractivity contribution in [2.75, 3.05) is 19.6 Å². The van der Waals surface area contributed by atoms with Crippen molar-refractivity contribution in [2.45, 2.75) is 72.0 Å². The molecule has 7 heteroatoms. The van der Waals surface area contributed by atoms with Crippen LogP contribution in [0, 0.1) is 5.41 Å². The molecule has 1 aromatic rings. The Balaban J connectivity index is 1.61. The van der Waals surface area contributed by atoms with Gasteiger partial charge in [-0.3, -0.25) is 4.79 Å². The molecule has 0 radical (unpaired) electrons. The van der Waals surface area contributed by atoms with Gasteiger partial charge >= 0.3 is 6.03 Å². The molecule has 2 fully saturated rings. The zero-order valence-electron chi connectivity index (χ0n) is 17.1. The summed E-state index contributed by atoms with van der Waals surface area (Å²) < 4.78 is 2.07. The second kappa shape index (κ2) is 7.90. The summed E-state index contributed by atoms with van der Waals surface area (Å²) in [5.74, 6) is 1.12. The standard InChI is InChI=1S/C20H33N5O2/c1-15(2)24-11-9-21-17(24)12-22-19(27)23-10-5-7-20(13-23)8-6-18(26)25(14-20)16(3)4/h9,11,15-16H,5-8,10,12-14H2,1-4H3,(H,22,27). The van der Waals surface area contributed by atoms with E-state index in [-0.39, 0.29) is 23.4 Å². The minimum atomic E-state index is -0.0274. The molecule has 2 aliphatic rings. The van der Waals surface area contributed by atoms with Crippen molar-refractivity contribution in [1.82, 2.24) is 24.7 Å². The summed E-state index contributed by atoms with van der Waals surface area (Å²) in [6, 6.07) is 0.508. The number of piperidine rings is 2. The van der Waals surface area contributed by atoms with Crippen LogP contribution in [0.3, 0.4) is 0 Å². The van der Waals surface area contributed by atoms with Crippen LogP contribution in [0.25, 0.3) is 0 Å². The first-order chi connectivity index (χ1) is 12.8. The number of imidazole rings is 1. The van der Waals surface area contributed by atoms with Gasteiger partial charge in [0.1, 0.15) is 5.82 Å². The Morgan fingerprint density at radius 3 is 2.70 bits per heavy atom. The van der Waals surface area contributed by atoms with E-state index in [1.165, 1.54) is 0 Å². The lowest BCUT2D eigenvalue weighted by molar-refractivity contribution is -0.141. The van der Waals surface area contributed by atoms with E-state index >= 15 is 0 Å². The Bertz CT molecular complexity index is 684. The molecule has 0 aromatic carbocycles. The number of amides is 3. The van der Waals surface area contributed by atoms with Crippen molar-refractivity contribution < 1.29 is 9.59 Å². The number of carbonyl (C=O) groups excluding carboxylic acids is 2. The summed E-state index contributed by atoms with van der Waals surface area (Å²) in [6.45, 7) is 11.1. The molecular weight excluding hydrogens is 342 g/mol. The summed E-state index contributed by atoms with van der Waals surface area (Å²) >= 11 is 0. The number of rotatable bonds is 4. The smallest absolute Gasteiger partial charge is 0.317 e. The Morgan fingerprint density at radius 2 is 2.00 bits per heavy atom. The molecule has 3 amide bonds. The summed E-state index contributed by atoms with van der Waals surface area (Å²) in [7, 11) is 0. The van der Waals surface area contributed by atoms with Gasteiger partial charge in [0.2, 0.25) is 5.91 Å². The van der Waals surface area contributed by atoms with E-state index in [9.17, 15) is 9.59 Å². The van der Waals surface area contributed by atoms with Crippen molar-refractivity contribution in [1.29, 1.82) is 0 Å². The predicted molar refractivity (Wildman–Crippen MR) is 104 cm³/mol. The van der Waals surface area contributed by atoms with Gasteiger partial charge in [0, 0.05) is 55.9 Å². The van der Waals surface area contributed by atoms with Crippen molar-refractivity contribution in [2.24, 2.45) is 5.41 Å². The number of hydrogen-bond acceptors (Lipinski definition) is 3. The number of nitrogens with one attached hydrogen (secondary N) is 1. The van der Waals surface area contributed by atoms with Gasteiger partial charge < -0.3 is 19.7 Å². The molecule has 27 heavy (non-hydrogen) atoms. The molecule has 0 saturated carbocycles. The third-order valence-electron chi connectivity index (χ3n) is 5.97. The second-order valence-electron chi connectivity index (χ2n) is 8.64. The normalized spacial score (nSPS) is 23.6. The fourth-order valence-electron chi connectivity index (χ4n) is 4.45. The molecule has 2 aliphatic heterocycles. The highest BCUT2D eigenvalue weighted by molar-refractivity contribution is 5.78. The average Bonchev–Trinajstić information content (AvgIpc) is 3.11. The van der Waals surface area contributed by atoms with Crippen LogP contribution in [0.1, 0.15) is 65.2 Å². The molecule has 7 nitrogen and oxygen atoms in total. The number of carbonyl (C=O) groups is 2. The third kappa shape index (κ3) is 4.28. The van der Waals surface area contributed by atoms with Gasteiger partial charge in [0.25, 0.3) is 0 Å². The first kappa shape index (κ1) is 19.7. The molecule has 0 bridgehead atoms. The van der Waals surface area contributed by atoms with Crippen LogP contribution in [0.2, 0.25) is 0 Å². The van der Waals surface area contributed by atoms with E-state index in [0.717, 1.165) is 44.7 Å². The van der Waals surface area contributed by atoms with Gasteiger partial charge in [-0.15, -0.1) is 0 Å². The highest BCUT2D eigenvalue weighted by Crippen LogP contribution is 2.39. The van der Waals surface area contributed by atoms with Gasteiger partial charge in [0.05, 0.1) is 6.54 Å². The highest BCUT2D eigenvalue weighted by Gasteiger charge is 2.43. The monoisotopic (exact) mass is 375 g/mol. The average molecular weight is 376 g/mol. The zero-order chi connectivity index (χ0) is 19.6. The topological polar surface area (TPSA) is 70.5 Å². The van der Waals surface area contributed by atoms with Crippen LogP contribution in [-0.4, -0.2) is 57.0 Å². The molecule has 0 aliphatic carbocycles. The maximum absolute atomic E-state index is 12.8. The Hall–Kier alpha value is -2.05.